The highest BCUT2D eigenvalue weighted by molar-refractivity contribution is 6.42. The monoisotopic (exact) mass is 2010 g/mol. The molecule has 7 saturated heterocycles. The second-order valence-corrected chi connectivity index (χ2v) is 39.7. The van der Waals surface area contributed by atoms with Crippen LogP contribution in [0, 0.1) is 79.5 Å². The van der Waals surface area contributed by atoms with Crippen molar-refractivity contribution < 1.29 is 13.9 Å². The molecule has 32 nitrogen and oxygen atoms in total. The van der Waals surface area contributed by atoms with Crippen molar-refractivity contribution in [2.24, 2.45) is 0 Å². The smallest absolute Gasteiger partial charge is 0.227 e. The molecular weight excluding hydrogens is 1890 g/mol. The minimum Gasteiger partial charge on any atom is -0.378 e. The van der Waals surface area contributed by atoms with E-state index in [2.05, 4.69) is 228 Å². The Hall–Kier alpha value is -14.0. The topological polar surface area (TPSA) is 389 Å². The number of piperidine rings is 5. The van der Waals surface area contributed by atoms with Crippen LogP contribution in [-0.4, -0.2) is 218 Å². The number of aromatic nitrogens is 20. The lowest BCUT2D eigenvalue weighted by molar-refractivity contribution is 0.122. The van der Waals surface area contributed by atoms with Crippen molar-refractivity contribution in [1.29, 1.82) is 5.26 Å². The van der Waals surface area contributed by atoms with E-state index >= 15 is 0 Å². The van der Waals surface area contributed by atoms with Gasteiger partial charge in [0.2, 0.25) is 11.9 Å². The summed E-state index contributed by atoms with van der Waals surface area (Å²) in [5, 5.41) is 10.2. The lowest BCUT2D eigenvalue weighted by atomic mass is 9.92. The average molecular weight is 2010 g/mol. The molecule has 5 aromatic carbocycles. The van der Waals surface area contributed by atoms with Crippen LogP contribution in [0.15, 0.2) is 166 Å². The highest BCUT2D eigenvalue weighted by Gasteiger charge is 2.35. The molecule has 36 heteroatoms. The van der Waals surface area contributed by atoms with Crippen LogP contribution in [-0.2, 0) is 15.9 Å². The summed E-state index contributed by atoms with van der Waals surface area (Å²) in [5.41, 5.74) is 38.3. The van der Waals surface area contributed by atoms with Gasteiger partial charge in [-0.2, -0.15) is 15.2 Å². The Bertz CT molecular complexity index is 6960. The summed E-state index contributed by atoms with van der Waals surface area (Å²) in [6.45, 7) is 34.1. The maximum absolute atomic E-state index is 13.6. The zero-order valence-electron chi connectivity index (χ0n) is 83.8. The molecule has 15 aromatic rings. The average Bonchev–Trinajstić information content (AvgIpc) is 1.49. The molecule has 0 aliphatic carbocycles. The SMILES string of the molecule is Cc1[nH]cnc1C1CCN(c2nc(CC#N)ncc2-c2ccc(F)c(Cl)c2)CC1.Cc1[nH]cnc1C1CCN(c2nc(N3CCOCC3)ncc2-c2ccc(Cl)c(Cl)c2)CC1.Cc1ccc(C)c(-c2cncnc2N2CCC(c3nc(N)[nH]c3C)CC2)c1.Cc1cccc(-c2cnc(N3CCOCC3)nc2N2CCC(c3nc[nH]c3C)CC2)c1.Cc1cccc(-c2cncnc2N2CCC(c3nc(N)[nH]c3C)CC2)c1. The first-order valence-corrected chi connectivity index (χ1v) is 51.4. The Balaban J connectivity index is 0.000000119. The first-order valence-electron chi connectivity index (χ1n) is 50.2. The van der Waals surface area contributed by atoms with Crippen molar-refractivity contribution in [2.45, 2.75) is 163 Å². The molecule has 7 aliphatic rings. The van der Waals surface area contributed by atoms with Gasteiger partial charge in [0.25, 0.3) is 0 Å². The summed E-state index contributed by atoms with van der Waals surface area (Å²) in [4.78, 5) is 101. The largest absolute Gasteiger partial charge is 0.378 e. The number of H-pyrrole nitrogens is 5. The zero-order valence-corrected chi connectivity index (χ0v) is 86.0. The number of rotatable bonds is 18. The molecule has 9 N–H and O–H groups in total. The summed E-state index contributed by atoms with van der Waals surface area (Å²) >= 11 is 18.5. The van der Waals surface area contributed by atoms with E-state index in [9.17, 15) is 4.39 Å². The molecule has 0 saturated carbocycles. The lowest BCUT2D eigenvalue weighted by Crippen LogP contribution is -2.38. The fraction of sp³-hybridized carbons (Fsp3) is 0.394. The van der Waals surface area contributed by atoms with Crippen LogP contribution in [0.3, 0.4) is 0 Å². The van der Waals surface area contributed by atoms with Gasteiger partial charge >= 0.3 is 0 Å². The molecule has 145 heavy (non-hydrogen) atoms. The Kier molecular flexibility index (Phi) is 32.6. The number of hydrogen-bond donors (Lipinski definition) is 7. The third-order valence-electron chi connectivity index (χ3n) is 28.7. The highest BCUT2D eigenvalue weighted by Crippen LogP contribution is 2.44. The Morgan fingerprint density at radius 2 is 0.724 bits per heavy atom. The van der Waals surface area contributed by atoms with Gasteiger partial charge < -0.3 is 80.2 Å². The van der Waals surface area contributed by atoms with Gasteiger partial charge in [0.15, 0.2) is 11.9 Å². The van der Waals surface area contributed by atoms with Gasteiger partial charge in [0, 0.05) is 208 Å². The van der Waals surface area contributed by atoms with Crippen LogP contribution in [0.4, 0.5) is 57.3 Å². The molecule has 0 spiro atoms. The molecule has 752 valence electrons. The fourth-order valence-electron chi connectivity index (χ4n) is 20.9. The van der Waals surface area contributed by atoms with Crippen LogP contribution >= 0.6 is 34.8 Å². The summed E-state index contributed by atoms with van der Waals surface area (Å²) in [6.07, 6.45) is 28.5. The lowest BCUT2D eigenvalue weighted by Gasteiger charge is -2.34. The van der Waals surface area contributed by atoms with E-state index in [1.54, 1.807) is 43.6 Å². The van der Waals surface area contributed by atoms with Crippen molar-refractivity contribution in [3.63, 3.8) is 0 Å². The number of nitrogens with two attached hydrogens (primary N) is 2. The number of imidazole rings is 5. The Morgan fingerprint density at radius 3 is 1.12 bits per heavy atom. The zero-order chi connectivity index (χ0) is 101. The quantitative estimate of drug-likeness (QED) is 0.0419. The number of morpholine rings is 2. The fourth-order valence-corrected chi connectivity index (χ4v) is 21.4. The highest BCUT2D eigenvalue weighted by atomic mass is 35.5. The van der Waals surface area contributed by atoms with E-state index in [0.29, 0.717) is 70.6 Å². The molecule has 0 radical (unpaired) electrons. The number of anilines is 9. The first kappa shape index (κ1) is 101. The summed E-state index contributed by atoms with van der Waals surface area (Å²) < 4.78 is 24.6. The molecule has 0 amide bonds. The third-order valence-corrected chi connectivity index (χ3v) is 29.8. The van der Waals surface area contributed by atoms with Gasteiger partial charge in [-0.1, -0.05) is 130 Å². The second kappa shape index (κ2) is 46.8. The number of nitrogens with one attached hydrogen (secondary N) is 5. The van der Waals surface area contributed by atoms with Crippen LogP contribution in [0.25, 0.3) is 55.6 Å². The number of nitriles is 1. The van der Waals surface area contributed by atoms with E-state index in [0.717, 1.165) is 289 Å². The number of benzene rings is 5. The molecule has 0 atom stereocenters. The molecule has 7 fully saturated rings. The minimum absolute atomic E-state index is 0.0577. The first-order chi connectivity index (χ1) is 70.5. The summed E-state index contributed by atoms with van der Waals surface area (Å²) in [5.74, 6) is 9.63. The Labute approximate surface area is 860 Å². The molecule has 0 bridgehead atoms. The van der Waals surface area contributed by atoms with Gasteiger partial charge in [-0.05, 0) is 184 Å². The maximum atomic E-state index is 13.6. The van der Waals surface area contributed by atoms with Crippen LogP contribution in [0.5, 0.6) is 0 Å². The standard InChI is InChI=1S/C24H30N6O.C23H26Cl2N6O.C21H20ClFN6.C21H26N6.C20H24N6/c1-17-4-3-5-20(14-17)21-15-25-24(30-10-12-31-13-11-30)28-23(21)29-8-6-19(7-9-29)22-18(2)26-16-27-22;1-15-21(28-14-27-15)16-4-6-30(7-5-16)22-18(17-2-3-19(24)20(25)12-17)13-26-23(29-22)31-8-10-32-11-9-31;1-13-20(27-12-26-13)14-5-8-29(9-6-14)21-16(11-25-19(28-21)4-7-24)15-2-3-18(23)17(22)10-15;1-13-4-5-14(2)17(10-13)18-11-23-12-24-20(18)27-8-6-16(7-9-27)19-15(3)25-21(22)26-19;1-13-4-3-5-16(10-13)17-11-22-12-23-19(17)26-8-6-15(7-9-26)18-14(2)24-20(21)25-18/h3-5,14-16,19H,6-13H2,1-2H3,(H,26,27);2-3,12-14,16H,4-11H2,1H3,(H,27,28);2-3,10-12,14H,4-6,8-9H2,1H3,(H,26,27);4-5,10-12,16H,6-9H2,1-3H3,(H3,22,25,26);3-5,10-12,15H,6-9H2,1-2H3,(H3,21,24,25). The maximum Gasteiger partial charge on any atom is 0.227 e. The molecular formula is C109H126Cl3FN30O2. The van der Waals surface area contributed by atoms with Crippen LogP contribution in [0.2, 0.25) is 15.1 Å². The molecule has 0 unspecified atom stereocenters. The molecule has 10 aromatic heterocycles. The van der Waals surface area contributed by atoms with Crippen LogP contribution in [0.1, 0.15) is 179 Å². The number of aryl methyl sites for hydroxylation is 9. The number of hydrogen-bond acceptors (Lipinski definition) is 27. The van der Waals surface area contributed by atoms with Gasteiger partial charge in [0.05, 0.1) is 101 Å². The minimum atomic E-state index is -0.464. The normalized spacial score (nSPS) is 16.3. The van der Waals surface area contributed by atoms with E-state index < -0.39 is 5.82 Å². The number of nitrogen functional groups attached to an aromatic ring is 2. The van der Waals surface area contributed by atoms with Gasteiger partial charge in [-0.3, -0.25) is 0 Å². The van der Waals surface area contributed by atoms with Crippen LogP contribution < -0.4 is 45.8 Å². The number of nitrogens with zero attached hydrogens (tertiary/aromatic N) is 23. The molecule has 7 aliphatic heterocycles. The van der Waals surface area contributed by atoms with E-state index in [-0.39, 0.29) is 11.4 Å². The number of aromatic amines is 5. The van der Waals surface area contributed by atoms with Gasteiger partial charge in [0.1, 0.15) is 53.4 Å². The molecule has 22 rings (SSSR count). The summed E-state index contributed by atoms with van der Waals surface area (Å²) in [7, 11) is 0. The summed E-state index contributed by atoms with van der Waals surface area (Å²) in [6, 6.07) is 36.0. The van der Waals surface area contributed by atoms with Crippen molar-refractivity contribution in [3.05, 3.63) is 272 Å². The third kappa shape index (κ3) is 24.1. The van der Waals surface area contributed by atoms with E-state index in [1.165, 1.54) is 62.1 Å². The van der Waals surface area contributed by atoms with Crippen molar-refractivity contribution in [3.8, 4) is 61.7 Å². The number of halogens is 4. The van der Waals surface area contributed by atoms with Gasteiger partial charge in [-0.25, -0.2) is 69.2 Å². The Morgan fingerprint density at radius 1 is 0.352 bits per heavy atom. The predicted molar refractivity (Wildman–Crippen MR) is 573 cm³/mol. The van der Waals surface area contributed by atoms with Crippen molar-refractivity contribution in [1.82, 2.24) is 99.7 Å². The van der Waals surface area contributed by atoms with Gasteiger partial charge in [-0.15, -0.1) is 0 Å². The van der Waals surface area contributed by atoms with E-state index in [4.69, 9.17) is 80.9 Å². The second-order valence-electron chi connectivity index (χ2n) is 38.5. The molecule has 17 heterocycles. The predicted octanol–water partition coefficient (Wildman–Crippen LogP) is 20.0. The van der Waals surface area contributed by atoms with Crippen molar-refractivity contribution >= 4 is 87.7 Å². The van der Waals surface area contributed by atoms with E-state index in [1.807, 2.05) is 70.1 Å². The van der Waals surface area contributed by atoms with Crippen molar-refractivity contribution in [2.75, 3.05) is 164 Å². The number of ether oxygens (including phenoxy) is 2.